The number of nitrogens with zero attached hydrogens (tertiary/aromatic N) is 1. The van der Waals surface area contributed by atoms with Crippen LogP contribution in [0.15, 0.2) is 18.2 Å². The fourth-order valence-corrected chi connectivity index (χ4v) is 2.46. The first-order chi connectivity index (χ1) is 8.61. The van der Waals surface area contributed by atoms with Gasteiger partial charge in [0, 0.05) is 29.7 Å². The molecule has 1 heterocycles. The minimum Gasteiger partial charge on any atom is -0.339 e. The average molecular weight is 303 g/mol. The van der Waals surface area contributed by atoms with E-state index >= 15 is 0 Å². The molecule has 1 saturated heterocycles. The number of carbonyl (C=O) groups excluding carboxylic acids is 1. The molecule has 0 saturated carbocycles. The Bertz CT molecular complexity index is 443. The Morgan fingerprint density at radius 3 is 2.53 bits per heavy atom. The Hall–Kier alpha value is -0.770. The van der Waals surface area contributed by atoms with Crippen LogP contribution in [0, 0.1) is 6.92 Å². The smallest absolute Gasteiger partial charge is 0.253 e. The van der Waals surface area contributed by atoms with Crippen molar-refractivity contribution in [2.45, 2.75) is 25.8 Å². The molecule has 0 unspecified atom stereocenters. The molecular weight excluding hydrogens is 283 g/mol. The summed E-state index contributed by atoms with van der Waals surface area (Å²) in [6.07, 6.45) is 2.03. The molecule has 1 aliphatic heterocycles. The Labute approximate surface area is 125 Å². The Balaban J connectivity index is 0.00000180. The quantitative estimate of drug-likeness (QED) is 0.911. The topological polar surface area (TPSA) is 32.3 Å². The van der Waals surface area contributed by atoms with E-state index in [1.54, 1.807) is 6.07 Å². The van der Waals surface area contributed by atoms with Crippen molar-refractivity contribution in [3.8, 4) is 0 Å². The van der Waals surface area contributed by atoms with Crippen molar-refractivity contribution in [2.24, 2.45) is 0 Å². The lowest BCUT2D eigenvalue weighted by Gasteiger charge is -2.31. The Morgan fingerprint density at radius 1 is 1.37 bits per heavy atom. The Kier molecular flexibility index (Phi) is 6.11. The van der Waals surface area contributed by atoms with Crippen LogP contribution in [0.1, 0.15) is 28.8 Å². The van der Waals surface area contributed by atoms with Crippen LogP contribution in [-0.2, 0) is 0 Å². The monoisotopic (exact) mass is 302 g/mol. The molecule has 1 aromatic rings. The standard InChI is InChI=1S/C14H19ClN2O.ClH/c1-10-3-4-11(9-13(10)15)14(18)17-7-5-12(16-2)6-8-17;/h3-4,9,12,16H,5-8H2,1-2H3;1H. The van der Waals surface area contributed by atoms with Gasteiger partial charge in [-0.25, -0.2) is 0 Å². The maximum atomic E-state index is 12.3. The summed E-state index contributed by atoms with van der Waals surface area (Å²) in [6, 6.07) is 6.06. The fraction of sp³-hybridized carbons (Fsp3) is 0.500. The number of likely N-dealkylation sites (tertiary alicyclic amines) is 1. The lowest BCUT2D eigenvalue weighted by atomic mass is 10.0. The second-order valence-electron chi connectivity index (χ2n) is 4.82. The molecule has 1 aromatic carbocycles. The van der Waals surface area contributed by atoms with Crippen LogP contribution in [0.4, 0.5) is 0 Å². The predicted molar refractivity (Wildman–Crippen MR) is 81.4 cm³/mol. The van der Waals surface area contributed by atoms with Gasteiger partial charge < -0.3 is 10.2 Å². The summed E-state index contributed by atoms with van der Waals surface area (Å²) in [5, 5.41) is 3.92. The van der Waals surface area contributed by atoms with Crippen LogP contribution in [0.5, 0.6) is 0 Å². The van der Waals surface area contributed by atoms with E-state index in [2.05, 4.69) is 5.32 Å². The maximum absolute atomic E-state index is 12.3. The van der Waals surface area contributed by atoms with E-state index in [4.69, 9.17) is 11.6 Å². The number of aryl methyl sites for hydroxylation is 1. The molecular formula is C14H20Cl2N2O. The highest BCUT2D eigenvalue weighted by Crippen LogP contribution is 2.19. The second kappa shape index (κ2) is 7.13. The van der Waals surface area contributed by atoms with Crippen LogP contribution in [0.25, 0.3) is 0 Å². The third kappa shape index (κ3) is 3.85. The molecule has 0 spiro atoms. The third-order valence-electron chi connectivity index (χ3n) is 3.61. The number of piperidine rings is 1. The van der Waals surface area contributed by atoms with Gasteiger partial charge in [-0.15, -0.1) is 12.4 Å². The molecule has 0 radical (unpaired) electrons. The molecule has 1 amide bonds. The highest BCUT2D eigenvalue weighted by molar-refractivity contribution is 6.31. The highest BCUT2D eigenvalue weighted by atomic mass is 35.5. The van der Waals surface area contributed by atoms with Gasteiger partial charge in [-0.3, -0.25) is 4.79 Å². The Morgan fingerprint density at radius 2 is 2.00 bits per heavy atom. The zero-order valence-electron chi connectivity index (χ0n) is 11.3. The molecule has 1 aliphatic rings. The molecule has 19 heavy (non-hydrogen) atoms. The number of benzene rings is 1. The summed E-state index contributed by atoms with van der Waals surface area (Å²) >= 11 is 6.06. The van der Waals surface area contributed by atoms with Gasteiger partial charge in [0.15, 0.2) is 0 Å². The van der Waals surface area contributed by atoms with Gasteiger partial charge in [-0.05, 0) is 44.5 Å². The molecule has 0 aromatic heterocycles. The van der Waals surface area contributed by atoms with Crippen LogP contribution < -0.4 is 5.32 Å². The molecule has 0 atom stereocenters. The zero-order chi connectivity index (χ0) is 13.1. The summed E-state index contributed by atoms with van der Waals surface area (Å²) in [6.45, 7) is 3.57. The average Bonchev–Trinajstić information content (AvgIpc) is 2.41. The van der Waals surface area contributed by atoms with Crippen molar-refractivity contribution in [3.05, 3.63) is 34.3 Å². The minimum atomic E-state index is 0. The van der Waals surface area contributed by atoms with E-state index in [0.29, 0.717) is 16.6 Å². The van der Waals surface area contributed by atoms with Gasteiger partial charge in [0.2, 0.25) is 0 Å². The van der Waals surface area contributed by atoms with E-state index < -0.39 is 0 Å². The van der Waals surface area contributed by atoms with Crippen molar-refractivity contribution < 1.29 is 4.79 Å². The molecule has 2 rings (SSSR count). The van der Waals surface area contributed by atoms with Gasteiger partial charge in [0.1, 0.15) is 0 Å². The first kappa shape index (κ1) is 16.3. The number of halogens is 2. The maximum Gasteiger partial charge on any atom is 0.253 e. The summed E-state index contributed by atoms with van der Waals surface area (Å²) < 4.78 is 0. The van der Waals surface area contributed by atoms with Crippen molar-refractivity contribution >= 4 is 29.9 Å². The van der Waals surface area contributed by atoms with Crippen LogP contribution >= 0.6 is 24.0 Å². The normalized spacial score (nSPS) is 16.1. The van der Waals surface area contributed by atoms with E-state index in [-0.39, 0.29) is 18.3 Å². The SMILES string of the molecule is CNC1CCN(C(=O)c2ccc(C)c(Cl)c2)CC1.Cl. The van der Waals surface area contributed by atoms with Crippen molar-refractivity contribution in [3.63, 3.8) is 0 Å². The lowest BCUT2D eigenvalue weighted by Crippen LogP contribution is -2.43. The molecule has 3 nitrogen and oxygen atoms in total. The lowest BCUT2D eigenvalue weighted by molar-refractivity contribution is 0.0707. The van der Waals surface area contributed by atoms with Crippen molar-refractivity contribution in [2.75, 3.05) is 20.1 Å². The number of hydrogen-bond acceptors (Lipinski definition) is 2. The van der Waals surface area contributed by atoms with Crippen LogP contribution in [0.2, 0.25) is 5.02 Å². The van der Waals surface area contributed by atoms with E-state index in [0.717, 1.165) is 31.5 Å². The van der Waals surface area contributed by atoms with Gasteiger partial charge in [-0.1, -0.05) is 17.7 Å². The molecule has 5 heteroatoms. The van der Waals surface area contributed by atoms with E-state index in [1.807, 2.05) is 31.0 Å². The van der Waals surface area contributed by atoms with Crippen LogP contribution in [-0.4, -0.2) is 37.0 Å². The molecule has 1 N–H and O–H groups in total. The fourth-order valence-electron chi connectivity index (χ4n) is 2.28. The zero-order valence-corrected chi connectivity index (χ0v) is 12.9. The summed E-state index contributed by atoms with van der Waals surface area (Å²) in [5.74, 6) is 0.0893. The molecule has 1 fully saturated rings. The van der Waals surface area contributed by atoms with Gasteiger partial charge >= 0.3 is 0 Å². The van der Waals surface area contributed by atoms with Crippen molar-refractivity contribution in [1.82, 2.24) is 10.2 Å². The molecule has 106 valence electrons. The predicted octanol–water partition coefficient (Wildman–Crippen LogP) is 2.89. The third-order valence-corrected chi connectivity index (χ3v) is 4.02. The van der Waals surface area contributed by atoms with Crippen LogP contribution in [0.3, 0.4) is 0 Å². The number of carbonyl (C=O) groups is 1. The van der Waals surface area contributed by atoms with Gasteiger partial charge in [-0.2, -0.15) is 0 Å². The first-order valence-electron chi connectivity index (χ1n) is 6.34. The van der Waals surface area contributed by atoms with E-state index in [1.165, 1.54) is 0 Å². The number of nitrogens with one attached hydrogen (secondary N) is 1. The number of hydrogen-bond donors (Lipinski definition) is 1. The summed E-state index contributed by atoms with van der Waals surface area (Å²) in [7, 11) is 1.97. The van der Waals surface area contributed by atoms with Crippen molar-refractivity contribution in [1.29, 1.82) is 0 Å². The highest BCUT2D eigenvalue weighted by Gasteiger charge is 2.22. The summed E-state index contributed by atoms with van der Waals surface area (Å²) in [5.41, 5.74) is 1.69. The number of amides is 1. The largest absolute Gasteiger partial charge is 0.339 e. The molecule has 0 bridgehead atoms. The molecule has 0 aliphatic carbocycles. The number of rotatable bonds is 2. The van der Waals surface area contributed by atoms with E-state index in [9.17, 15) is 4.79 Å². The van der Waals surface area contributed by atoms with Gasteiger partial charge in [0.05, 0.1) is 0 Å². The summed E-state index contributed by atoms with van der Waals surface area (Å²) in [4.78, 5) is 14.2. The minimum absolute atomic E-state index is 0. The van der Waals surface area contributed by atoms with Gasteiger partial charge in [0.25, 0.3) is 5.91 Å². The second-order valence-corrected chi connectivity index (χ2v) is 5.23. The first-order valence-corrected chi connectivity index (χ1v) is 6.72.